The zero-order valence-electron chi connectivity index (χ0n) is 11.7. The Bertz CT molecular complexity index is 601. The second kappa shape index (κ2) is 6.19. The lowest BCUT2D eigenvalue weighted by Crippen LogP contribution is -2.24. The van der Waals surface area contributed by atoms with Crippen LogP contribution in [-0.4, -0.2) is 19.4 Å². The van der Waals surface area contributed by atoms with E-state index in [1.807, 2.05) is 20.8 Å². The summed E-state index contributed by atoms with van der Waals surface area (Å²) in [4.78, 5) is 9.94. The zero-order valence-corrected chi connectivity index (χ0v) is 12.5. The maximum Gasteiger partial charge on any atom is 0.312 e. The molecule has 8 heteroatoms. The van der Waals surface area contributed by atoms with Crippen LogP contribution >= 0.6 is 0 Å². The second-order valence-electron chi connectivity index (χ2n) is 4.77. The molecule has 0 saturated heterocycles. The van der Waals surface area contributed by atoms with Crippen LogP contribution in [0.4, 0.5) is 11.4 Å². The van der Waals surface area contributed by atoms with E-state index in [2.05, 4.69) is 5.32 Å². The molecule has 3 N–H and O–H groups in total. The Morgan fingerprint density at radius 2 is 2.00 bits per heavy atom. The van der Waals surface area contributed by atoms with Gasteiger partial charge in [0.2, 0.25) is 10.0 Å². The first-order valence-electron chi connectivity index (χ1n) is 6.25. The highest BCUT2D eigenvalue weighted by Crippen LogP contribution is 2.32. The zero-order chi connectivity index (χ0) is 15.5. The Morgan fingerprint density at radius 3 is 2.45 bits per heavy atom. The molecule has 0 unspecified atom stereocenters. The van der Waals surface area contributed by atoms with E-state index in [9.17, 15) is 18.5 Å². The van der Waals surface area contributed by atoms with Gasteiger partial charge in [-0.3, -0.25) is 10.1 Å². The number of hydrogen-bond acceptors (Lipinski definition) is 5. The molecule has 0 heterocycles. The van der Waals surface area contributed by atoms with Crippen molar-refractivity contribution in [2.75, 3.05) is 5.32 Å². The van der Waals surface area contributed by atoms with Crippen LogP contribution < -0.4 is 10.5 Å². The van der Waals surface area contributed by atoms with Gasteiger partial charge in [0.1, 0.15) is 5.69 Å². The van der Waals surface area contributed by atoms with Gasteiger partial charge in [0.25, 0.3) is 0 Å². The highest BCUT2D eigenvalue weighted by atomic mass is 32.2. The van der Waals surface area contributed by atoms with Crippen LogP contribution in [-0.2, 0) is 10.0 Å². The molecular weight excluding hydrogens is 282 g/mol. The summed E-state index contributed by atoms with van der Waals surface area (Å²) in [5.74, 6) is 0.285. The second-order valence-corrected chi connectivity index (χ2v) is 6.30. The number of benzene rings is 1. The molecule has 0 fully saturated rings. The molecule has 0 aliphatic carbocycles. The Hall–Kier alpha value is -1.67. The lowest BCUT2D eigenvalue weighted by Gasteiger charge is -2.21. The SMILES string of the molecule is CC[C@H](C)[C@H](C)Nc1cccc(S(N)(=O)=O)c1[N+](=O)[O-]. The molecule has 0 aliphatic heterocycles. The fraction of sp³-hybridized carbons (Fsp3) is 0.500. The summed E-state index contributed by atoms with van der Waals surface area (Å²) in [6, 6.07) is 4.01. The lowest BCUT2D eigenvalue weighted by atomic mass is 10.0. The van der Waals surface area contributed by atoms with Gasteiger partial charge >= 0.3 is 5.69 Å². The monoisotopic (exact) mass is 301 g/mol. The van der Waals surface area contributed by atoms with Gasteiger partial charge in [0, 0.05) is 6.04 Å². The molecule has 0 amide bonds. The fourth-order valence-corrected chi connectivity index (χ4v) is 2.52. The fourth-order valence-electron chi connectivity index (χ4n) is 1.80. The van der Waals surface area contributed by atoms with Gasteiger partial charge in [-0.1, -0.05) is 26.3 Å². The van der Waals surface area contributed by atoms with Crippen molar-refractivity contribution in [3.05, 3.63) is 28.3 Å². The quantitative estimate of drug-likeness (QED) is 0.616. The Morgan fingerprint density at radius 1 is 1.40 bits per heavy atom. The molecule has 0 spiro atoms. The minimum absolute atomic E-state index is 0.0329. The Kier molecular flexibility index (Phi) is 5.07. The number of rotatable bonds is 6. The summed E-state index contributed by atoms with van der Waals surface area (Å²) in [6.45, 7) is 5.91. The number of primary sulfonamides is 1. The number of nitro benzene ring substituents is 1. The van der Waals surface area contributed by atoms with Crippen molar-refractivity contribution >= 4 is 21.4 Å². The van der Waals surface area contributed by atoms with E-state index >= 15 is 0 Å². The van der Waals surface area contributed by atoms with Crippen molar-refractivity contribution in [2.45, 2.75) is 38.1 Å². The van der Waals surface area contributed by atoms with E-state index in [0.29, 0.717) is 0 Å². The topological polar surface area (TPSA) is 115 Å². The summed E-state index contributed by atoms with van der Waals surface area (Å²) in [6.07, 6.45) is 0.900. The van der Waals surface area contributed by atoms with Crippen molar-refractivity contribution in [2.24, 2.45) is 11.1 Å². The average molecular weight is 301 g/mol. The molecule has 1 aromatic rings. The third-order valence-electron chi connectivity index (χ3n) is 3.37. The Balaban J connectivity index is 3.31. The van der Waals surface area contributed by atoms with Gasteiger partial charge in [0.05, 0.1) is 4.92 Å². The number of nitrogens with one attached hydrogen (secondary N) is 1. The molecule has 0 saturated carbocycles. The predicted octanol–water partition coefficient (Wildman–Crippen LogP) is 2.09. The smallest absolute Gasteiger partial charge is 0.312 e. The molecule has 0 bridgehead atoms. The highest BCUT2D eigenvalue weighted by molar-refractivity contribution is 7.89. The highest BCUT2D eigenvalue weighted by Gasteiger charge is 2.27. The van der Waals surface area contributed by atoms with Crippen molar-refractivity contribution in [3.63, 3.8) is 0 Å². The normalized spacial score (nSPS) is 14.6. The van der Waals surface area contributed by atoms with Crippen molar-refractivity contribution < 1.29 is 13.3 Å². The number of nitrogens with zero attached hydrogens (tertiary/aromatic N) is 1. The first kappa shape index (κ1) is 16.4. The molecule has 0 aromatic heterocycles. The van der Waals surface area contributed by atoms with Crippen LogP contribution in [0, 0.1) is 16.0 Å². The first-order valence-corrected chi connectivity index (χ1v) is 7.79. The Labute approximate surface area is 118 Å². The van der Waals surface area contributed by atoms with Gasteiger partial charge in [-0.2, -0.15) is 0 Å². The summed E-state index contributed by atoms with van der Waals surface area (Å²) >= 11 is 0. The molecule has 0 radical (unpaired) electrons. The van der Waals surface area contributed by atoms with Crippen molar-refractivity contribution in [1.29, 1.82) is 0 Å². The van der Waals surface area contributed by atoms with Gasteiger partial charge in [-0.25, -0.2) is 13.6 Å². The number of anilines is 1. The van der Waals surface area contributed by atoms with Crippen LogP contribution in [0.3, 0.4) is 0 Å². The predicted molar refractivity (Wildman–Crippen MR) is 77.0 cm³/mol. The third kappa shape index (κ3) is 3.67. The van der Waals surface area contributed by atoms with Crippen LogP contribution in [0.15, 0.2) is 23.1 Å². The van der Waals surface area contributed by atoms with Crippen LogP contribution in [0.1, 0.15) is 27.2 Å². The van der Waals surface area contributed by atoms with E-state index in [4.69, 9.17) is 5.14 Å². The van der Waals surface area contributed by atoms with E-state index in [1.54, 1.807) is 0 Å². The van der Waals surface area contributed by atoms with E-state index in [1.165, 1.54) is 12.1 Å². The van der Waals surface area contributed by atoms with E-state index < -0.39 is 25.5 Å². The summed E-state index contributed by atoms with van der Waals surface area (Å²) in [7, 11) is -4.14. The van der Waals surface area contributed by atoms with E-state index in [0.717, 1.165) is 12.5 Å². The maximum atomic E-state index is 11.4. The van der Waals surface area contributed by atoms with Crippen LogP contribution in [0.2, 0.25) is 0 Å². The molecule has 20 heavy (non-hydrogen) atoms. The van der Waals surface area contributed by atoms with E-state index in [-0.39, 0.29) is 17.6 Å². The molecular formula is C12H19N3O4S. The van der Waals surface area contributed by atoms with Gasteiger partial charge < -0.3 is 5.32 Å². The third-order valence-corrected chi connectivity index (χ3v) is 4.31. The van der Waals surface area contributed by atoms with Crippen LogP contribution in [0.5, 0.6) is 0 Å². The number of hydrogen-bond donors (Lipinski definition) is 2. The number of para-hydroxylation sites is 1. The van der Waals surface area contributed by atoms with Gasteiger partial charge in [-0.15, -0.1) is 0 Å². The van der Waals surface area contributed by atoms with Crippen LogP contribution in [0.25, 0.3) is 0 Å². The van der Waals surface area contributed by atoms with Crippen molar-refractivity contribution in [3.8, 4) is 0 Å². The van der Waals surface area contributed by atoms with Crippen molar-refractivity contribution in [1.82, 2.24) is 0 Å². The minimum atomic E-state index is -4.14. The molecule has 7 nitrogen and oxygen atoms in total. The molecule has 112 valence electrons. The molecule has 0 aliphatic rings. The molecule has 1 rings (SSSR count). The molecule has 2 atom stereocenters. The largest absolute Gasteiger partial charge is 0.377 e. The van der Waals surface area contributed by atoms with Gasteiger partial charge in [0.15, 0.2) is 4.90 Å². The average Bonchev–Trinajstić information content (AvgIpc) is 2.36. The summed E-state index contributed by atoms with van der Waals surface area (Å²) < 4.78 is 22.9. The summed E-state index contributed by atoms with van der Waals surface area (Å²) in [5, 5.41) is 19.2. The number of nitro groups is 1. The minimum Gasteiger partial charge on any atom is -0.377 e. The lowest BCUT2D eigenvalue weighted by molar-refractivity contribution is -0.386. The number of nitrogens with two attached hydrogens (primary N) is 1. The molecule has 1 aromatic carbocycles. The van der Waals surface area contributed by atoms with Gasteiger partial charge in [-0.05, 0) is 25.0 Å². The first-order chi connectivity index (χ1) is 9.18. The standard InChI is InChI=1S/C12H19N3O4S/c1-4-8(2)9(3)14-10-6-5-7-11(20(13,18)19)12(10)15(16)17/h5-9,14H,4H2,1-3H3,(H2,13,18,19)/t8-,9-/m0/s1. The number of sulfonamides is 1. The maximum absolute atomic E-state index is 11.4. The summed E-state index contributed by atoms with van der Waals surface area (Å²) in [5.41, 5.74) is -0.348.